The molecule has 44 heavy (non-hydrogen) atoms. The minimum Gasteiger partial charge on any atom is -0.381 e. The Labute approximate surface area is 257 Å². The van der Waals surface area contributed by atoms with Gasteiger partial charge in [-0.1, -0.05) is 47.7 Å². The number of halogens is 1. The first-order valence-corrected chi connectivity index (χ1v) is 14.4. The second kappa shape index (κ2) is 13.1. The molecular formula is C31H28FN11S. The number of aromatic nitrogens is 7. The summed E-state index contributed by atoms with van der Waals surface area (Å²) in [7, 11) is 0. The zero-order valence-corrected chi connectivity index (χ0v) is 24.6. The molecule has 0 radical (unpaired) electrons. The Morgan fingerprint density at radius 2 is 1.23 bits per heavy atom. The van der Waals surface area contributed by atoms with Gasteiger partial charge in [-0.05, 0) is 49.6 Å². The van der Waals surface area contributed by atoms with Gasteiger partial charge in [-0.3, -0.25) is 4.98 Å². The number of hydrogen-bond acceptors (Lipinski definition) is 12. The highest BCUT2D eigenvalue weighted by atomic mass is 32.2. The molecule has 0 spiro atoms. The van der Waals surface area contributed by atoms with Crippen molar-refractivity contribution < 1.29 is 4.39 Å². The van der Waals surface area contributed by atoms with E-state index in [1.165, 1.54) is 17.8 Å². The van der Waals surface area contributed by atoms with E-state index in [0.29, 0.717) is 27.9 Å². The van der Waals surface area contributed by atoms with Gasteiger partial charge >= 0.3 is 0 Å². The van der Waals surface area contributed by atoms with Gasteiger partial charge in [0.05, 0.1) is 17.1 Å². The maximum atomic E-state index is 14.2. The van der Waals surface area contributed by atoms with Crippen LogP contribution in [0.2, 0.25) is 0 Å². The number of thioether (sulfide) groups is 1. The summed E-state index contributed by atoms with van der Waals surface area (Å²) in [6, 6.07) is 19.7. The van der Waals surface area contributed by atoms with Crippen molar-refractivity contribution in [2.45, 2.75) is 12.1 Å². The lowest BCUT2D eigenvalue weighted by Gasteiger charge is -2.11. The van der Waals surface area contributed by atoms with Gasteiger partial charge in [-0.15, -0.1) is 0 Å². The van der Waals surface area contributed by atoms with E-state index in [4.69, 9.17) is 22.9 Å². The van der Waals surface area contributed by atoms with Crippen molar-refractivity contribution in [2.75, 3.05) is 29.2 Å². The van der Waals surface area contributed by atoms with Crippen LogP contribution in [-0.4, -0.2) is 41.1 Å². The lowest BCUT2D eigenvalue weighted by atomic mass is 10.0. The standard InChI is InChI=1S/C16H15N5.C15H13FN6S/c1-10-3-2-4-12(9-10)14-13(11-5-7-19-8-6-11)20-15(17)16(18)21-14;1-23-15-19-7-6-10(20-15)12-11(21-13(17)14(18)22-12)8-4-2-3-5-9(8)16/h2-9H,1H3,(H2,17,20)(H2,18,21);2-7H,1H3,(H2,17,21)(H2,18,22). The number of benzene rings is 2. The lowest BCUT2D eigenvalue weighted by Crippen LogP contribution is -2.06. The van der Waals surface area contributed by atoms with Crippen molar-refractivity contribution in [3.63, 3.8) is 0 Å². The van der Waals surface area contributed by atoms with Crippen molar-refractivity contribution in [3.05, 3.63) is 96.7 Å². The van der Waals surface area contributed by atoms with Gasteiger partial charge in [0.15, 0.2) is 28.4 Å². The van der Waals surface area contributed by atoms with Crippen molar-refractivity contribution in [1.29, 1.82) is 0 Å². The minimum absolute atomic E-state index is 0.0474. The van der Waals surface area contributed by atoms with Crippen LogP contribution < -0.4 is 22.9 Å². The molecule has 0 saturated carbocycles. The number of nitrogens with two attached hydrogens (primary N) is 4. The van der Waals surface area contributed by atoms with Crippen molar-refractivity contribution in [2.24, 2.45) is 0 Å². The number of nitrogen functional groups attached to an aromatic ring is 4. The SMILES string of the molecule is CSc1nccc(-c2nc(N)c(N)nc2-c2ccccc2F)n1.Cc1cccc(-c2nc(N)c(N)nc2-c2ccncc2)c1. The smallest absolute Gasteiger partial charge is 0.187 e. The fraction of sp³-hybridized carbons (Fsp3) is 0.0645. The molecule has 0 amide bonds. The van der Waals surface area contributed by atoms with Gasteiger partial charge in [0.25, 0.3) is 0 Å². The summed E-state index contributed by atoms with van der Waals surface area (Å²) in [5.74, 6) is 0.171. The van der Waals surface area contributed by atoms with E-state index in [1.807, 2.05) is 49.6 Å². The monoisotopic (exact) mass is 605 g/mol. The van der Waals surface area contributed by atoms with Crippen molar-refractivity contribution in [1.82, 2.24) is 34.9 Å². The molecule has 6 rings (SSSR count). The van der Waals surface area contributed by atoms with Crippen LogP contribution in [0.25, 0.3) is 45.2 Å². The molecule has 8 N–H and O–H groups in total. The van der Waals surface area contributed by atoms with E-state index in [1.54, 1.807) is 42.9 Å². The number of aryl methyl sites for hydroxylation is 1. The number of nitrogens with zero attached hydrogens (tertiary/aromatic N) is 7. The summed E-state index contributed by atoms with van der Waals surface area (Å²) in [5, 5.41) is 0.569. The van der Waals surface area contributed by atoms with Crippen LogP contribution in [0, 0.1) is 12.7 Å². The third kappa shape index (κ3) is 6.52. The molecule has 6 aromatic rings. The maximum absolute atomic E-state index is 14.2. The van der Waals surface area contributed by atoms with Crippen LogP contribution in [0.1, 0.15) is 5.56 Å². The van der Waals surface area contributed by atoms with Crippen LogP contribution in [0.4, 0.5) is 27.7 Å². The van der Waals surface area contributed by atoms with Gasteiger partial charge in [-0.25, -0.2) is 34.3 Å². The Hall–Kier alpha value is -5.69. The molecule has 4 aromatic heterocycles. The molecule has 0 aliphatic rings. The van der Waals surface area contributed by atoms with Crippen LogP contribution in [0.3, 0.4) is 0 Å². The van der Waals surface area contributed by atoms with Gasteiger partial charge < -0.3 is 22.9 Å². The molecule has 2 aromatic carbocycles. The second-order valence-electron chi connectivity index (χ2n) is 9.40. The topological polar surface area (TPSA) is 194 Å². The molecule has 0 aliphatic carbocycles. The summed E-state index contributed by atoms with van der Waals surface area (Å²) in [5.41, 5.74) is 29.0. The van der Waals surface area contributed by atoms with E-state index in [2.05, 4.69) is 34.9 Å². The molecule has 0 bridgehead atoms. The molecule has 0 fully saturated rings. The first kappa shape index (κ1) is 29.8. The summed E-state index contributed by atoms with van der Waals surface area (Å²) in [6.07, 6.45) is 6.89. The Balaban J connectivity index is 0.000000175. The Morgan fingerprint density at radius 3 is 1.86 bits per heavy atom. The predicted octanol–water partition coefficient (Wildman–Crippen LogP) is 5.30. The van der Waals surface area contributed by atoms with Crippen LogP contribution >= 0.6 is 11.8 Å². The lowest BCUT2D eigenvalue weighted by molar-refractivity contribution is 0.630. The van der Waals surface area contributed by atoms with E-state index < -0.39 is 5.82 Å². The number of hydrogen-bond donors (Lipinski definition) is 4. The zero-order valence-electron chi connectivity index (χ0n) is 23.8. The van der Waals surface area contributed by atoms with E-state index in [9.17, 15) is 4.39 Å². The van der Waals surface area contributed by atoms with Crippen molar-refractivity contribution in [3.8, 4) is 45.2 Å². The maximum Gasteiger partial charge on any atom is 0.187 e. The third-order valence-corrected chi connectivity index (χ3v) is 6.90. The Morgan fingerprint density at radius 1 is 0.614 bits per heavy atom. The molecule has 0 saturated heterocycles. The predicted molar refractivity (Wildman–Crippen MR) is 173 cm³/mol. The van der Waals surface area contributed by atoms with E-state index in [-0.39, 0.29) is 28.8 Å². The van der Waals surface area contributed by atoms with Gasteiger partial charge in [0.2, 0.25) is 0 Å². The third-order valence-electron chi connectivity index (χ3n) is 6.34. The van der Waals surface area contributed by atoms with Crippen LogP contribution in [0.15, 0.2) is 90.5 Å². The molecule has 4 heterocycles. The highest BCUT2D eigenvalue weighted by Gasteiger charge is 2.18. The van der Waals surface area contributed by atoms with Crippen LogP contribution in [0.5, 0.6) is 0 Å². The highest BCUT2D eigenvalue weighted by molar-refractivity contribution is 7.98. The van der Waals surface area contributed by atoms with E-state index >= 15 is 0 Å². The normalized spacial score (nSPS) is 10.6. The number of pyridine rings is 1. The molecular weight excluding hydrogens is 577 g/mol. The molecule has 13 heteroatoms. The summed E-state index contributed by atoms with van der Waals surface area (Å²) >= 11 is 1.39. The Kier molecular flexibility index (Phi) is 8.86. The molecule has 11 nitrogen and oxygen atoms in total. The summed E-state index contributed by atoms with van der Waals surface area (Å²) < 4.78 is 14.2. The first-order valence-electron chi connectivity index (χ1n) is 13.2. The van der Waals surface area contributed by atoms with Gasteiger partial charge in [0.1, 0.15) is 17.2 Å². The molecule has 0 aliphatic heterocycles. The molecule has 220 valence electrons. The molecule has 0 atom stereocenters. The average Bonchev–Trinajstić information content (AvgIpc) is 3.04. The largest absolute Gasteiger partial charge is 0.381 e. The van der Waals surface area contributed by atoms with Crippen LogP contribution in [-0.2, 0) is 0 Å². The quantitative estimate of drug-likeness (QED) is 0.146. The number of rotatable bonds is 5. The fourth-order valence-corrected chi connectivity index (χ4v) is 4.57. The summed E-state index contributed by atoms with van der Waals surface area (Å²) in [4.78, 5) is 29.8. The number of anilines is 4. The second-order valence-corrected chi connectivity index (χ2v) is 10.2. The molecule has 0 unspecified atom stereocenters. The summed E-state index contributed by atoms with van der Waals surface area (Å²) in [6.45, 7) is 2.03. The van der Waals surface area contributed by atoms with Gasteiger partial charge in [-0.2, -0.15) is 0 Å². The van der Waals surface area contributed by atoms with Gasteiger partial charge in [0, 0.05) is 35.3 Å². The first-order chi connectivity index (χ1) is 21.2. The zero-order chi connectivity index (χ0) is 31.2. The highest BCUT2D eigenvalue weighted by Crippen LogP contribution is 2.33. The Bertz CT molecular complexity index is 1940. The van der Waals surface area contributed by atoms with E-state index in [0.717, 1.165) is 22.4 Å². The minimum atomic E-state index is -0.425. The fourth-order valence-electron chi connectivity index (χ4n) is 4.22. The van der Waals surface area contributed by atoms with Crippen molar-refractivity contribution >= 4 is 35.0 Å². The average molecular weight is 606 g/mol.